The highest BCUT2D eigenvalue weighted by molar-refractivity contribution is 6.07. The fourth-order valence-corrected chi connectivity index (χ4v) is 3.38. The molecule has 1 aliphatic carbocycles. The second-order valence-corrected chi connectivity index (χ2v) is 6.36. The third-order valence-corrected chi connectivity index (χ3v) is 4.87. The van der Waals surface area contributed by atoms with E-state index in [0.29, 0.717) is 12.8 Å². The van der Waals surface area contributed by atoms with Gasteiger partial charge >= 0.3 is 6.03 Å². The van der Waals surface area contributed by atoms with Gasteiger partial charge in [0.2, 0.25) is 5.91 Å². The minimum absolute atomic E-state index is 0.0982. The summed E-state index contributed by atoms with van der Waals surface area (Å²) in [5.41, 5.74) is -0.693. The maximum absolute atomic E-state index is 12.6. The molecule has 22 heavy (non-hydrogen) atoms. The summed E-state index contributed by atoms with van der Waals surface area (Å²) < 4.78 is 0. The molecule has 0 aromatic heterocycles. The Morgan fingerprint density at radius 3 is 2.45 bits per heavy atom. The van der Waals surface area contributed by atoms with Gasteiger partial charge in [0.15, 0.2) is 0 Å². The molecule has 2 N–H and O–H groups in total. The highest BCUT2D eigenvalue weighted by Crippen LogP contribution is 2.33. The number of rotatable bonds is 6. The van der Waals surface area contributed by atoms with Gasteiger partial charge in [0.05, 0.1) is 0 Å². The van der Waals surface area contributed by atoms with Crippen molar-refractivity contribution < 1.29 is 14.4 Å². The van der Waals surface area contributed by atoms with Gasteiger partial charge in [-0.3, -0.25) is 14.5 Å². The van der Waals surface area contributed by atoms with E-state index in [2.05, 4.69) is 10.6 Å². The molecule has 2 rings (SSSR count). The summed E-state index contributed by atoms with van der Waals surface area (Å²) in [6, 6.07) is -0.178. The lowest BCUT2D eigenvalue weighted by molar-refractivity contribution is -0.132. The first-order valence-electron chi connectivity index (χ1n) is 8.46. The normalized spacial score (nSPS) is 20.6. The van der Waals surface area contributed by atoms with Gasteiger partial charge in [0, 0.05) is 19.0 Å². The zero-order valence-electron chi connectivity index (χ0n) is 13.6. The smallest absolute Gasteiger partial charge is 0.325 e. The molecule has 1 aliphatic heterocycles. The van der Waals surface area contributed by atoms with E-state index >= 15 is 0 Å². The SMILES string of the molecule is CCC(CC)NC(=O)CCN1C(=O)NC2(CCCCC2)C1=O. The van der Waals surface area contributed by atoms with Crippen molar-refractivity contribution in [3.8, 4) is 0 Å². The molecule has 6 nitrogen and oxygen atoms in total. The quantitative estimate of drug-likeness (QED) is 0.736. The Balaban J connectivity index is 1.89. The van der Waals surface area contributed by atoms with Gasteiger partial charge in [-0.2, -0.15) is 0 Å². The van der Waals surface area contributed by atoms with Gasteiger partial charge in [-0.25, -0.2) is 4.79 Å². The minimum Gasteiger partial charge on any atom is -0.353 e. The van der Waals surface area contributed by atoms with E-state index in [0.717, 1.165) is 32.1 Å². The number of hydrogen-bond acceptors (Lipinski definition) is 3. The summed E-state index contributed by atoms with van der Waals surface area (Å²) in [6.45, 7) is 4.22. The molecule has 0 radical (unpaired) electrons. The van der Waals surface area contributed by atoms with E-state index in [1.165, 1.54) is 4.90 Å². The molecular formula is C16H27N3O3. The van der Waals surface area contributed by atoms with Crippen LogP contribution in [0.3, 0.4) is 0 Å². The molecule has 4 amide bonds. The van der Waals surface area contributed by atoms with Crippen molar-refractivity contribution in [1.29, 1.82) is 0 Å². The Bertz CT molecular complexity index is 440. The van der Waals surface area contributed by atoms with Crippen LogP contribution >= 0.6 is 0 Å². The Hall–Kier alpha value is -1.59. The molecule has 124 valence electrons. The Kier molecular flexibility index (Phi) is 5.42. The molecule has 1 heterocycles. The lowest BCUT2D eigenvalue weighted by Crippen LogP contribution is -2.48. The topological polar surface area (TPSA) is 78.5 Å². The highest BCUT2D eigenvalue weighted by atomic mass is 16.2. The van der Waals surface area contributed by atoms with Crippen LogP contribution in [0.4, 0.5) is 4.79 Å². The van der Waals surface area contributed by atoms with Crippen molar-refractivity contribution in [2.45, 2.75) is 76.8 Å². The van der Waals surface area contributed by atoms with Gasteiger partial charge in [-0.05, 0) is 25.7 Å². The summed E-state index contributed by atoms with van der Waals surface area (Å²) in [6.07, 6.45) is 6.42. The van der Waals surface area contributed by atoms with E-state index in [9.17, 15) is 14.4 Å². The van der Waals surface area contributed by atoms with Crippen molar-refractivity contribution in [1.82, 2.24) is 15.5 Å². The molecule has 1 saturated heterocycles. The van der Waals surface area contributed by atoms with Crippen molar-refractivity contribution in [2.24, 2.45) is 0 Å². The van der Waals surface area contributed by atoms with Gasteiger partial charge in [0.1, 0.15) is 5.54 Å². The lowest BCUT2D eigenvalue weighted by Gasteiger charge is -2.30. The Morgan fingerprint density at radius 2 is 1.86 bits per heavy atom. The van der Waals surface area contributed by atoms with Crippen LogP contribution in [0.1, 0.15) is 65.2 Å². The highest BCUT2D eigenvalue weighted by Gasteiger charge is 2.50. The number of hydrogen-bond donors (Lipinski definition) is 2. The first-order valence-corrected chi connectivity index (χ1v) is 8.46. The summed E-state index contributed by atoms with van der Waals surface area (Å²) >= 11 is 0. The maximum atomic E-state index is 12.6. The van der Waals surface area contributed by atoms with E-state index in [1.54, 1.807) is 0 Å². The standard InChI is InChI=1S/C16H27N3O3/c1-3-12(4-2)17-13(20)8-11-19-14(21)16(18-15(19)22)9-6-5-7-10-16/h12H,3-11H2,1-2H3,(H,17,20)(H,18,22). The monoisotopic (exact) mass is 309 g/mol. The third-order valence-electron chi connectivity index (χ3n) is 4.87. The van der Waals surface area contributed by atoms with E-state index in [1.807, 2.05) is 13.8 Å². The molecule has 2 fully saturated rings. The second-order valence-electron chi connectivity index (χ2n) is 6.36. The molecule has 6 heteroatoms. The van der Waals surface area contributed by atoms with Crippen LogP contribution < -0.4 is 10.6 Å². The number of carbonyl (C=O) groups excluding carboxylic acids is 3. The van der Waals surface area contributed by atoms with Crippen LogP contribution in [0, 0.1) is 0 Å². The van der Waals surface area contributed by atoms with Crippen LogP contribution in [-0.2, 0) is 9.59 Å². The van der Waals surface area contributed by atoms with Crippen LogP contribution in [-0.4, -0.2) is 40.9 Å². The van der Waals surface area contributed by atoms with E-state index in [4.69, 9.17) is 0 Å². The zero-order chi connectivity index (χ0) is 16.2. The molecule has 0 bridgehead atoms. The fraction of sp³-hybridized carbons (Fsp3) is 0.812. The molecular weight excluding hydrogens is 282 g/mol. The molecule has 1 saturated carbocycles. The predicted molar refractivity (Wildman–Crippen MR) is 83.2 cm³/mol. The predicted octanol–water partition coefficient (Wildman–Crippen LogP) is 1.94. The van der Waals surface area contributed by atoms with Crippen LogP contribution in [0.2, 0.25) is 0 Å². The zero-order valence-corrected chi connectivity index (χ0v) is 13.6. The van der Waals surface area contributed by atoms with Gasteiger partial charge in [-0.15, -0.1) is 0 Å². The first-order chi connectivity index (χ1) is 10.5. The maximum Gasteiger partial charge on any atom is 0.325 e. The lowest BCUT2D eigenvalue weighted by atomic mass is 9.82. The molecule has 0 aromatic carbocycles. The van der Waals surface area contributed by atoms with Crippen molar-refractivity contribution >= 4 is 17.8 Å². The van der Waals surface area contributed by atoms with Crippen LogP contribution in [0.5, 0.6) is 0 Å². The average molecular weight is 309 g/mol. The second kappa shape index (κ2) is 7.11. The number of imide groups is 1. The summed E-state index contributed by atoms with van der Waals surface area (Å²) in [5, 5.41) is 5.79. The summed E-state index contributed by atoms with van der Waals surface area (Å²) in [4.78, 5) is 37.8. The fourth-order valence-electron chi connectivity index (χ4n) is 3.38. The summed E-state index contributed by atoms with van der Waals surface area (Å²) in [5.74, 6) is -0.244. The minimum atomic E-state index is -0.693. The van der Waals surface area contributed by atoms with Gasteiger partial charge in [0.25, 0.3) is 5.91 Å². The number of nitrogens with one attached hydrogen (secondary N) is 2. The van der Waals surface area contributed by atoms with Crippen LogP contribution in [0.15, 0.2) is 0 Å². The average Bonchev–Trinajstić information content (AvgIpc) is 2.74. The van der Waals surface area contributed by atoms with Crippen molar-refractivity contribution in [3.05, 3.63) is 0 Å². The third kappa shape index (κ3) is 3.42. The van der Waals surface area contributed by atoms with Crippen molar-refractivity contribution in [2.75, 3.05) is 6.54 Å². The van der Waals surface area contributed by atoms with Gasteiger partial charge < -0.3 is 10.6 Å². The number of urea groups is 1. The van der Waals surface area contributed by atoms with E-state index in [-0.39, 0.29) is 36.9 Å². The molecule has 0 aromatic rings. The van der Waals surface area contributed by atoms with Crippen LogP contribution in [0.25, 0.3) is 0 Å². The number of amides is 4. The first kappa shape index (κ1) is 16.8. The molecule has 1 spiro atoms. The molecule has 2 aliphatic rings. The molecule has 0 atom stereocenters. The number of carbonyl (C=O) groups is 3. The largest absolute Gasteiger partial charge is 0.353 e. The van der Waals surface area contributed by atoms with Gasteiger partial charge in [-0.1, -0.05) is 33.1 Å². The molecule has 0 unspecified atom stereocenters. The van der Waals surface area contributed by atoms with E-state index < -0.39 is 5.54 Å². The Labute approximate surface area is 132 Å². The number of nitrogens with zero attached hydrogens (tertiary/aromatic N) is 1. The summed E-state index contributed by atoms with van der Waals surface area (Å²) in [7, 11) is 0. The Morgan fingerprint density at radius 1 is 1.23 bits per heavy atom. The van der Waals surface area contributed by atoms with Crippen molar-refractivity contribution in [3.63, 3.8) is 0 Å².